The molecule has 0 radical (unpaired) electrons. The van der Waals surface area contributed by atoms with Crippen LogP contribution >= 0.6 is 11.3 Å². The zero-order valence-electron chi connectivity index (χ0n) is 12.7. The van der Waals surface area contributed by atoms with E-state index in [2.05, 4.69) is 15.1 Å². The molecule has 3 heterocycles. The average Bonchev–Trinajstić information content (AvgIpc) is 3.15. The largest absolute Gasteiger partial charge is 0.260 e. The van der Waals surface area contributed by atoms with E-state index in [0.717, 1.165) is 11.3 Å². The van der Waals surface area contributed by atoms with Crippen molar-refractivity contribution >= 4 is 26.1 Å². The van der Waals surface area contributed by atoms with E-state index in [1.54, 1.807) is 42.7 Å². The molecule has 4 rings (SSSR count). The van der Waals surface area contributed by atoms with Gasteiger partial charge in [-0.15, -0.1) is 5.10 Å². The molecule has 0 fully saturated rings. The highest BCUT2D eigenvalue weighted by Crippen LogP contribution is 2.26. The van der Waals surface area contributed by atoms with Crippen LogP contribution in [0.3, 0.4) is 0 Å². The number of aromatic nitrogens is 4. The monoisotopic (exact) mass is 374 g/mol. The number of hydrogen-bond donors (Lipinski definition) is 0. The van der Waals surface area contributed by atoms with E-state index in [9.17, 15) is 12.8 Å². The first-order valence-corrected chi connectivity index (χ1v) is 9.73. The van der Waals surface area contributed by atoms with Crippen molar-refractivity contribution in [3.63, 3.8) is 0 Å². The van der Waals surface area contributed by atoms with Crippen LogP contribution in [-0.4, -0.2) is 28.0 Å². The average molecular weight is 374 g/mol. The van der Waals surface area contributed by atoms with Crippen molar-refractivity contribution in [2.24, 2.45) is 0 Å². The molecule has 0 spiro atoms. The van der Waals surface area contributed by atoms with Gasteiger partial charge in [-0.1, -0.05) is 29.5 Å². The second-order valence-corrected chi connectivity index (χ2v) is 8.43. The molecule has 3 aromatic heterocycles. The summed E-state index contributed by atoms with van der Waals surface area (Å²) in [6, 6.07) is 11.1. The second kappa shape index (κ2) is 6.01. The topological polar surface area (TPSA) is 77.2 Å². The molecule has 0 saturated carbocycles. The van der Waals surface area contributed by atoms with E-state index in [1.807, 2.05) is 0 Å². The van der Waals surface area contributed by atoms with Crippen molar-refractivity contribution < 1.29 is 12.8 Å². The van der Waals surface area contributed by atoms with Crippen molar-refractivity contribution in [1.82, 2.24) is 19.6 Å². The first-order valence-electron chi connectivity index (χ1n) is 7.26. The lowest BCUT2D eigenvalue weighted by Gasteiger charge is -1.99. The molecule has 0 atom stereocenters. The Bertz CT molecular complexity index is 1120. The summed E-state index contributed by atoms with van der Waals surface area (Å²) in [6.45, 7) is 0. The number of sulfone groups is 1. The summed E-state index contributed by atoms with van der Waals surface area (Å²) >= 11 is 0.974. The first-order chi connectivity index (χ1) is 12.0. The van der Waals surface area contributed by atoms with Gasteiger partial charge in [0, 0.05) is 11.8 Å². The van der Waals surface area contributed by atoms with Gasteiger partial charge in [0.05, 0.1) is 23.3 Å². The maximum Gasteiger partial charge on any atom is 0.233 e. The summed E-state index contributed by atoms with van der Waals surface area (Å²) in [5, 5.41) is 4.11. The molecule has 0 aliphatic rings. The highest BCUT2D eigenvalue weighted by atomic mass is 32.2. The molecular formula is C16H11FN4O2S2. The van der Waals surface area contributed by atoms with Gasteiger partial charge in [-0.2, -0.15) is 0 Å². The Kier molecular flexibility index (Phi) is 3.81. The highest BCUT2D eigenvalue weighted by molar-refractivity contribution is 7.92. The lowest BCUT2D eigenvalue weighted by atomic mass is 10.2. The van der Waals surface area contributed by atoms with E-state index in [1.165, 1.54) is 16.6 Å². The number of halogens is 1. The third-order valence-corrected chi connectivity index (χ3v) is 6.49. The minimum atomic E-state index is -3.61. The number of rotatable bonds is 4. The Balaban J connectivity index is 1.67. The van der Waals surface area contributed by atoms with E-state index in [0.29, 0.717) is 21.9 Å². The second-order valence-electron chi connectivity index (χ2n) is 5.31. The number of fused-ring (bicyclic) bond motifs is 1. The molecular weight excluding hydrogens is 363 g/mol. The molecule has 4 aromatic rings. The van der Waals surface area contributed by atoms with Crippen molar-refractivity contribution in [1.29, 1.82) is 0 Å². The summed E-state index contributed by atoms with van der Waals surface area (Å²) < 4.78 is 39.7. The SMILES string of the molecule is O=S(=O)(Cc1ccccn1)c1nn2cc(-c3cccc(F)c3)nc2s1. The Labute approximate surface area is 146 Å². The molecule has 6 nitrogen and oxygen atoms in total. The zero-order chi connectivity index (χ0) is 17.4. The third-order valence-electron chi connectivity index (χ3n) is 3.48. The van der Waals surface area contributed by atoms with Crippen molar-refractivity contribution in [3.05, 3.63) is 66.4 Å². The fourth-order valence-corrected chi connectivity index (χ4v) is 4.75. The number of hydrogen-bond acceptors (Lipinski definition) is 6. The van der Waals surface area contributed by atoms with E-state index in [-0.39, 0.29) is 15.9 Å². The molecule has 126 valence electrons. The molecule has 1 aromatic carbocycles. The summed E-state index contributed by atoms with van der Waals surface area (Å²) in [7, 11) is -3.61. The molecule has 0 saturated heterocycles. The van der Waals surface area contributed by atoms with Gasteiger partial charge in [-0.3, -0.25) is 4.98 Å². The lowest BCUT2D eigenvalue weighted by molar-refractivity contribution is 0.591. The van der Waals surface area contributed by atoms with E-state index >= 15 is 0 Å². The fraction of sp³-hybridized carbons (Fsp3) is 0.0625. The first kappa shape index (κ1) is 15.9. The van der Waals surface area contributed by atoms with Gasteiger partial charge in [-0.05, 0) is 24.3 Å². The van der Waals surface area contributed by atoms with Crippen LogP contribution in [0.5, 0.6) is 0 Å². The number of benzene rings is 1. The third kappa shape index (κ3) is 3.15. The molecule has 0 amide bonds. The van der Waals surface area contributed by atoms with Crippen LogP contribution in [-0.2, 0) is 15.6 Å². The maximum atomic E-state index is 13.3. The van der Waals surface area contributed by atoms with Gasteiger partial charge in [0.2, 0.25) is 19.1 Å². The van der Waals surface area contributed by atoms with Gasteiger partial charge in [0.1, 0.15) is 5.82 Å². The number of nitrogens with zero attached hydrogens (tertiary/aromatic N) is 4. The van der Waals surface area contributed by atoms with Crippen molar-refractivity contribution in [2.45, 2.75) is 10.1 Å². The van der Waals surface area contributed by atoms with Gasteiger partial charge in [-0.25, -0.2) is 22.3 Å². The van der Waals surface area contributed by atoms with Crippen LogP contribution in [0.2, 0.25) is 0 Å². The predicted molar refractivity (Wildman–Crippen MR) is 91.4 cm³/mol. The van der Waals surface area contributed by atoms with Crippen molar-refractivity contribution in [2.75, 3.05) is 0 Å². The van der Waals surface area contributed by atoms with Gasteiger partial charge < -0.3 is 0 Å². The smallest absolute Gasteiger partial charge is 0.233 e. The molecule has 0 aliphatic heterocycles. The predicted octanol–water partition coefficient (Wildman–Crippen LogP) is 2.97. The minimum absolute atomic E-state index is 0.0218. The van der Waals surface area contributed by atoms with Gasteiger partial charge >= 0.3 is 0 Å². The number of pyridine rings is 1. The van der Waals surface area contributed by atoms with Crippen LogP contribution in [0.15, 0.2) is 59.2 Å². The number of imidazole rings is 1. The molecule has 9 heteroatoms. The summed E-state index contributed by atoms with van der Waals surface area (Å²) in [5.41, 5.74) is 1.60. The van der Waals surface area contributed by atoms with Crippen LogP contribution in [0.4, 0.5) is 4.39 Å². The highest BCUT2D eigenvalue weighted by Gasteiger charge is 2.22. The maximum absolute atomic E-state index is 13.3. The van der Waals surface area contributed by atoms with Gasteiger partial charge in [0.25, 0.3) is 0 Å². The van der Waals surface area contributed by atoms with E-state index < -0.39 is 9.84 Å². The fourth-order valence-electron chi connectivity index (χ4n) is 2.33. The van der Waals surface area contributed by atoms with Crippen molar-refractivity contribution in [3.8, 4) is 11.3 Å². The zero-order valence-corrected chi connectivity index (χ0v) is 14.3. The summed E-state index contributed by atoms with van der Waals surface area (Å²) in [4.78, 5) is 8.80. The molecule has 0 aliphatic carbocycles. The Morgan fingerprint density at radius 3 is 2.76 bits per heavy atom. The van der Waals surface area contributed by atoms with Crippen LogP contribution in [0, 0.1) is 5.82 Å². The Hall–Kier alpha value is -2.65. The summed E-state index contributed by atoms with van der Waals surface area (Å²) in [6.07, 6.45) is 3.13. The van der Waals surface area contributed by atoms with Crippen LogP contribution in [0.1, 0.15) is 5.69 Å². The molecule has 0 unspecified atom stereocenters. The molecule has 0 N–H and O–H groups in total. The van der Waals surface area contributed by atoms with Gasteiger partial charge in [0.15, 0.2) is 0 Å². The molecule has 25 heavy (non-hydrogen) atoms. The standard InChI is InChI=1S/C16H11FN4O2S2/c17-12-5-3-4-11(8-12)14-9-21-15(19-14)24-16(20-21)25(22,23)10-13-6-1-2-7-18-13/h1-9H,10H2. The van der Waals surface area contributed by atoms with Crippen LogP contribution < -0.4 is 0 Å². The Morgan fingerprint density at radius 1 is 1.16 bits per heavy atom. The molecule has 0 bridgehead atoms. The Morgan fingerprint density at radius 2 is 2.04 bits per heavy atom. The lowest BCUT2D eigenvalue weighted by Crippen LogP contribution is -2.06. The van der Waals surface area contributed by atoms with E-state index in [4.69, 9.17) is 0 Å². The minimum Gasteiger partial charge on any atom is -0.260 e. The quantitative estimate of drug-likeness (QED) is 0.549. The normalized spacial score (nSPS) is 11.9. The van der Waals surface area contributed by atoms with Crippen LogP contribution in [0.25, 0.3) is 16.2 Å². The summed E-state index contributed by atoms with van der Waals surface area (Å²) in [5.74, 6) is -0.582.